The number of nitrogens with zero attached hydrogens (tertiary/aromatic N) is 4. The van der Waals surface area contributed by atoms with Crippen molar-refractivity contribution in [3.05, 3.63) is 18.0 Å². The van der Waals surface area contributed by atoms with Gasteiger partial charge in [-0.1, -0.05) is 6.42 Å². The van der Waals surface area contributed by atoms with E-state index in [9.17, 15) is 0 Å². The van der Waals surface area contributed by atoms with Crippen LogP contribution in [0.2, 0.25) is 0 Å². The molecule has 0 N–H and O–H groups in total. The first-order valence-corrected chi connectivity index (χ1v) is 8.88. The van der Waals surface area contributed by atoms with Gasteiger partial charge in [-0.05, 0) is 58.3 Å². The molecule has 2 saturated heterocycles. The molecule has 1 atom stereocenters. The molecule has 0 saturated carbocycles. The average Bonchev–Trinajstić information content (AvgIpc) is 3.03. The van der Waals surface area contributed by atoms with E-state index in [1.54, 1.807) is 0 Å². The molecule has 2 aliphatic heterocycles. The van der Waals surface area contributed by atoms with Crippen LogP contribution in [0.15, 0.2) is 12.3 Å². The van der Waals surface area contributed by atoms with Gasteiger partial charge in [0.05, 0.1) is 5.69 Å². The van der Waals surface area contributed by atoms with E-state index in [1.807, 2.05) is 6.20 Å². The lowest BCUT2D eigenvalue weighted by Gasteiger charge is -2.29. The second kappa shape index (κ2) is 8.09. The minimum absolute atomic E-state index is 0.147. The number of piperidine rings is 1. The van der Waals surface area contributed by atoms with Crippen molar-refractivity contribution in [2.75, 3.05) is 39.8 Å². The molecule has 1 unspecified atom stereocenters. The Morgan fingerprint density at radius 2 is 2.09 bits per heavy atom. The summed E-state index contributed by atoms with van der Waals surface area (Å²) in [5.41, 5.74) is 1.27. The second-order valence-corrected chi connectivity index (χ2v) is 6.73. The van der Waals surface area contributed by atoms with E-state index in [4.69, 9.17) is 4.74 Å². The Labute approximate surface area is 134 Å². The maximum absolute atomic E-state index is 5.87. The van der Waals surface area contributed by atoms with Gasteiger partial charge >= 0.3 is 0 Å². The normalized spacial score (nSPS) is 24.0. The molecule has 124 valence electrons. The molecule has 0 amide bonds. The summed E-state index contributed by atoms with van der Waals surface area (Å²) in [4.78, 5) is 5.01. The monoisotopic (exact) mass is 306 g/mol. The Kier molecular flexibility index (Phi) is 5.87. The quantitative estimate of drug-likeness (QED) is 0.808. The Morgan fingerprint density at radius 3 is 2.86 bits per heavy atom. The maximum Gasteiger partial charge on any atom is 0.150 e. The van der Waals surface area contributed by atoms with Crippen molar-refractivity contribution in [1.29, 1.82) is 0 Å². The smallest absolute Gasteiger partial charge is 0.150 e. The Balaban J connectivity index is 1.48. The molecule has 5 heteroatoms. The van der Waals surface area contributed by atoms with Gasteiger partial charge in [0.1, 0.15) is 0 Å². The zero-order chi connectivity index (χ0) is 15.2. The fraction of sp³-hybridized carbons (Fsp3) is 0.824. The van der Waals surface area contributed by atoms with Gasteiger partial charge in [-0.2, -0.15) is 5.10 Å². The number of aromatic nitrogens is 2. The highest BCUT2D eigenvalue weighted by Gasteiger charge is 2.19. The molecule has 22 heavy (non-hydrogen) atoms. The molecule has 3 rings (SSSR count). The van der Waals surface area contributed by atoms with Crippen LogP contribution < -0.4 is 0 Å². The van der Waals surface area contributed by atoms with Gasteiger partial charge in [0.15, 0.2) is 6.23 Å². The third-order valence-corrected chi connectivity index (χ3v) is 4.86. The molecular weight excluding hydrogens is 276 g/mol. The summed E-state index contributed by atoms with van der Waals surface area (Å²) in [7, 11) is 2.21. The first-order valence-electron chi connectivity index (χ1n) is 8.88. The number of likely N-dealkylation sites (N-methyl/N-ethyl adjacent to an activating group) is 1. The van der Waals surface area contributed by atoms with E-state index >= 15 is 0 Å². The highest BCUT2D eigenvalue weighted by molar-refractivity contribution is 5.01. The summed E-state index contributed by atoms with van der Waals surface area (Å²) in [6, 6.07) is 2.13. The van der Waals surface area contributed by atoms with Gasteiger partial charge in [0.2, 0.25) is 0 Å². The number of ether oxygens (including phenoxy) is 1. The predicted octanol–water partition coefficient (Wildman–Crippen LogP) is 2.50. The molecule has 1 aromatic heterocycles. The molecule has 0 aromatic carbocycles. The zero-order valence-electron chi connectivity index (χ0n) is 13.9. The summed E-state index contributed by atoms with van der Waals surface area (Å²) in [6.45, 7) is 6.69. The van der Waals surface area contributed by atoms with E-state index in [0.29, 0.717) is 0 Å². The van der Waals surface area contributed by atoms with Crippen LogP contribution in [0.4, 0.5) is 0 Å². The molecular formula is C17H30N4O. The van der Waals surface area contributed by atoms with Crippen LogP contribution in [0.1, 0.15) is 50.4 Å². The van der Waals surface area contributed by atoms with Crippen LogP contribution in [-0.4, -0.2) is 59.4 Å². The third-order valence-electron chi connectivity index (χ3n) is 4.86. The number of rotatable bonds is 6. The van der Waals surface area contributed by atoms with Crippen molar-refractivity contribution >= 4 is 0 Å². The van der Waals surface area contributed by atoms with Crippen molar-refractivity contribution in [2.24, 2.45) is 0 Å². The fourth-order valence-corrected chi connectivity index (χ4v) is 3.49. The van der Waals surface area contributed by atoms with E-state index in [-0.39, 0.29) is 6.23 Å². The number of likely N-dealkylation sites (tertiary alicyclic amines) is 1. The lowest BCUT2D eigenvalue weighted by atomic mass is 10.1. The van der Waals surface area contributed by atoms with Gasteiger partial charge < -0.3 is 9.64 Å². The van der Waals surface area contributed by atoms with Gasteiger partial charge in [-0.15, -0.1) is 0 Å². The second-order valence-electron chi connectivity index (χ2n) is 6.73. The highest BCUT2D eigenvalue weighted by atomic mass is 16.5. The molecule has 0 bridgehead atoms. The average molecular weight is 306 g/mol. The standard InChI is InChI=1S/C17H30N4O/c1-19(12-13-20-10-4-2-5-11-20)15-16-8-9-18-21(16)17-7-3-6-14-22-17/h8-9,17H,2-7,10-15H2,1H3. The summed E-state index contributed by atoms with van der Waals surface area (Å²) >= 11 is 0. The summed E-state index contributed by atoms with van der Waals surface area (Å²) < 4.78 is 7.97. The van der Waals surface area contributed by atoms with Gasteiger partial charge in [-0.3, -0.25) is 4.90 Å². The molecule has 3 heterocycles. The van der Waals surface area contributed by atoms with Crippen molar-refractivity contribution in [3.63, 3.8) is 0 Å². The molecule has 0 aliphatic carbocycles. The summed E-state index contributed by atoms with van der Waals surface area (Å²) in [5.74, 6) is 0. The summed E-state index contributed by atoms with van der Waals surface area (Å²) in [5, 5.41) is 4.50. The molecule has 5 nitrogen and oxygen atoms in total. The van der Waals surface area contributed by atoms with E-state index in [2.05, 4.69) is 32.7 Å². The largest absolute Gasteiger partial charge is 0.357 e. The molecule has 0 spiro atoms. The Hall–Kier alpha value is -0.910. The van der Waals surface area contributed by atoms with Crippen LogP contribution >= 0.6 is 0 Å². The van der Waals surface area contributed by atoms with E-state index in [0.717, 1.165) is 26.1 Å². The van der Waals surface area contributed by atoms with Crippen molar-refractivity contribution < 1.29 is 4.74 Å². The van der Waals surface area contributed by atoms with Gasteiger partial charge in [0.25, 0.3) is 0 Å². The number of hydrogen-bond donors (Lipinski definition) is 0. The zero-order valence-corrected chi connectivity index (χ0v) is 13.9. The van der Waals surface area contributed by atoms with Crippen LogP contribution in [0.3, 0.4) is 0 Å². The topological polar surface area (TPSA) is 33.5 Å². The van der Waals surface area contributed by atoms with Crippen LogP contribution in [0, 0.1) is 0 Å². The van der Waals surface area contributed by atoms with Crippen molar-refractivity contribution in [2.45, 2.75) is 51.3 Å². The first-order chi connectivity index (χ1) is 10.8. The SMILES string of the molecule is CN(CCN1CCCCC1)Cc1ccnn1C1CCCCO1. The van der Waals surface area contributed by atoms with Crippen LogP contribution in [-0.2, 0) is 11.3 Å². The molecule has 0 radical (unpaired) electrons. The van der Waals surface area contributed by atoms with Crippen molar-refractivity contribution in [1.82, 2.24) is 19.6 Å². The molecule has 1 aromatic rings. The van der Waals surface area contributed by atoms with Gasteiger partial charge in [-0.25, -0.2) is 4.68 Å². The van der Waals surface area contributed by atoms with E-state index < -0.39 is 0 Å². The number of hydrogen-bond acceptors (Lipinski definition) is 4. The highest BCUT2D eigenvalue weighted by Crippen LogP contribution is 2.23. The Bertz CT molecular complexity index is 436. The van der Waals surface area contributed by atoms with E-state index in [1.165, 1.54) is 57.4 Å². The molecule has 2 aliphatic rings. The Morgan fingerprint density at radius 1 is 1.23 bits per heavy atom. The first kappa shape index (κ1) is 16.0. The minimum Gasteiger partial charge on any atom is -0.357 e. The third kappa shape index (κ3) is 4.31. The van der Waals surface area contributed by atoms with Crippen LogP contribution in [0.25, 0.3) is 0 Å². The van der Waals surface area contributed by atoms with Crippen molar-refractivity contribution in [3.8, 4) is 0 Å². The minimum atomic E-state index is 0.147. The predicted molar refractivity (Wildman–Crippen MR) is 87.7 cm³/mol. The molecule has 2 fully saturated rings. The van der Waals surface area contributed by atoms with Gasteiger partial charge in [0, 0.05) is 32.4 Å². The maximum atomic E-state index is 5.87. The lowest BCUT2D eigenvalue weighted by molar-refractivity contribution is -0.0419. The fourth-order valence-electron chi connectivity index (χ4n) is 3.49. The lowest BCUT2D eigenvalue weighted by Crippen LogP contribution is -2.36. The van der Waals surface area contributed by atoms with Crippen LogP contribution in [0.5, 0.6) is 0 Å². The summed E-state index contributed by atoms with van der Waals surface area (Å²) in [6.07, 6.45) is 9.72.